The fraction of sp³-hybridized carbons (Fsp3) is 0.323. The van der Waals surface area contributed by atoms with Crippen LogP contribution in [0.15, 0.2) is 72.8 Å². The smallest absolute Gasteiger partial charge is 0.338 e. The first-order chi connectivity index (χ1) is 16.8. The quantitative estimate of drug-likeness (QED) is 0.343. The van der Waals surface area contributed by atoms with Crippen LogP contribution >= 0.6 is 0 Å². The summed E-state index contributed by atoms with van der Waals surface area (Å²) in [5.74, 6) is 0.599. The second-order valence-corrected chi connectivity index (χ2v) is 9.85. The van der Waals surface area contributed by atoms with Crippen molar-refractivity contribution in [3.8, 4) is 5.75 Å². The number of hydrogen-bond donors (Lipinski definition) is 1. The van der Waals surface area contributed by atoms with Crippen LogP contribution in [0.2, 0.25) is 0 Å². The molecule has 0 saturated carbocycles. The summed E-state index contributed by atoms with van der Waals surface area (Å²) < 4.78 is 11.5. The van der Waals surface area contributed by atoms with E-state index in [1.165, 1.54) is 16.7 Å². The van der Waals surface area contributed by atoms with Crippen molar-refractivity contribution in [2.24, 2.45) is 0 Å². The van der Waals surface area contributed by atoms with E-state index in [0.29, 0.717) is 18.8 Å². The van der Waals surface area contributed by atoms with Crippen LogP contribution in [0, 0.1) is 0 Å². The van der Waals surface area contributed by atoms with Crippen molar-refractivity contribution in [3.05, 3.63) is 101 Å². The molecular formula is C31H35NO3. The number of hydrogen-bond acceptors (Lipinski definition) is 4. The third kappa shape index (κ3) is 5.59. The molecule has 3 aromatic rings. The zero-order valence-corrected chi connectivity index (χ0v) is 21.4. The Labute approximate surface area is 209 Å². The van der Waals surface area contributed by atoms with Crippen molar-refractivity contribution < 1.29 is 14.3 Å². The molecule has 3 aromatic carbocycles. The van der Waals surface area contributed by atoms with Crippen molar-refractivity contribution in [1.82, 2.24) is 0 Å². The summed E-state index contributed by atoms with van der Waals surface area (Å²) in [6, 6.07) is 22.2. The topological polar surface area (TPSA) is 47.6 Å². The van der Waals surface area contributed by atoms with Gasteiger partial charge in [-0.05, 0) is 91.3 Å². The number of benzene rings is 3. The lowest BCUT2D eigenvalue weighted by atomic mass is 9.73. The van der Waals surface area contributed by atoms with Crippen LogP contribution in [0.3, 0.4) is 0 Å². The molecule has 0 fully saturated rings. The molecule has 1 atom stereocenters. The maximum absolute atomic E-state index is 12.0. The SMILES string of the molecule is CCOC(=O)c1ccc(NC(C)c2cc3c(cc2OCc2ccccc2)C(C)(C)CC=C3C)cc1. The van der Waals surface area contributed by atoms with E-state index in [1.54, 1.807) is 12.1 Å². The Morgan fingerprint density at radius 2 is 1.77 bits per heavy atom. The molecule has 1 N–H and O–H groups in total. The van der Waals surface area contributed by atoms with Gasteiger partial charge < -0.3 is 14.8 Å². The number of esters is 1. The van der Waals surface area contributed by atoms with Gasteiger partial charge in [-0.1, -0.05) is 50.3 Å². The molecule has 35 heavy (non-hydrogen) atoms. The van der Waals surface area contributed by atoms with Gasteiger partial charge in [0.05, 0.1) is 18.2 Å². The summed E-state index contributed by atoms with van der Waals surface area (Å²) in [6.07, 6.45) is 3.35. The van der Waals surface area contributed by atoms with E-state index in [9.17, 15) is 4.79 Å². The average molecular weight is 470 g/mol. The van der Waals surface area contributed by atoms with Crippen molar-refractivity contribution >= 4 is 17.2 Å². The molecule has 0 aromatic heterocycles. The molecule has 4 nitrogen and oxygen atoms in total. The second-order valence-electron chi connectivity index (χ2n) is 9.85. The van der Waals surface area contributed by atoms with Gasteiger partial charge in [-0.2, -0.15) is 0 Å². The lowest BCUT2D eigenvalue weighted by molar-refractivity contribution is 0.0526. The molecule has 0 aliphatic heterocycles. The highest BCUT2D eigenvalue weighted by molar-refractivity contribution is 5.89. The fourth-order valence-corrected chi connectivity index (χ4v) is 4.55. The van der Waals surface area contributed by atoms with Crippen molar-refractivity contribution in [2.75, 3.05) is 11.9 Å². The second kappa shape index (κ2) is 10.4. The molecule has 4 heteroatoms. The van der Waals surface area contributed by atoms with Gasteiger partial charge in [-0.15, -0.1) is 0 Å². The predicted molar refractivity (Wildman–Crippen MR) is 143 cm³/mol. The summed E-state index contributed by atoms with van der Waals surface area (Å²) in [5.41, 5.74) is 7.71. The van der Waals surface area contributed by atoms with E-state index in [2.05, 4.69) is 63.4 Å². The Balaban J connectivity index is 1.64. The number of carbonyl (C=O) groups excluding carboxylic acids is 1. The number of allylic oxidation sites excluding steroid dienone is 2. The minimum atomic E-state index is -0.303. The van der Waals surface area contributed by atoms with Crippen LogP contribution in [0.5, 0.6) is 5.75 Å². The van der Waals surface area contributed by atoms with Crippen LogP contribution in [0.4, 0.5) is 5.69 Å². The summed E-state index contributed by atoms with van der Waals surface area (Å²) in [7, 11) is 0. The zero-order chi connectivity index (χ0) is 25.0. The summed E-state index contributed by atoms with van der Waals surface area (Å²) in [6.45, 7) is 11.6. The van der Waals surface area contributed by atoms with Gasteiger partial charge in [0.15, 0.2) is 0 Å². The van der Waals surface area contributed by atoms with Crippen LogP contribution in [-0.2, 0) is 16.8 Å². The molecule has 1 aliphatic rings. The van der Waals surface area contributed by atoms with Crippen molar-refractivity contribution in [3.63, 3.8) is 0 Å². The summed E-state index contributed by atoms with van der Waals surface area (Å²) in [5, 5.41) is 3.59. The highest BCUT2D eigenvalue weighted by Crippen LogP contribution is 2.43. The van der Waals surface area contributed by atoms with Crippen LogP contribution in [-0.4, -0.2) is 12.6 Å². The zero-order valence-electron chi connectivity index (χ0n) is 21.4. The van der Waals surface area contributed by atoms with Gasteiger partial charge in [0.1, 0.15) is 12.4 Å². The molecule has 0 saturated heterocycles. The average Bonchev–Trinajstić information content (AvgIpc) is 2.86. The highest BCUT2D eigenvalue weighted by Gasteiger charge is 2.29. The maximum atomic E-state index is 12.0. The molecule has 4 rings (SSSR count). The molecule has 0 bridgehead atoms. The lowest BCUT2D eigenvalue weighted by Crippen LogP contribution is -2.22. The van der Waals surface area contributed by atoms with E-state index in [4.69, 9.17) is 9.47 Å². The molecular weight excluding hydrogens is 434 g/mol. The Kier molecular flexibility index (Phi) is 7.30. The number of anilines is 1. The van der Waals surface area contributed by atoms with Gasteiger partial charge in [0.25, 0.3) is 0 Å². The first kappa shape index (κ1) is 24.6. The predicted octanol–water partition coefficient (Wildman–Crippen LogP) is 7.70. The van der Waals surface area contributed by atoms with E-state index in [0.717, 1.165) is 29.0 Å². The van der Waals surface area contributed by atoms with Gasteiger partial charge >= 0.3 is 5.97 Å². The monoisotopic (exact) mass is 469 g/mol. The molecule has 1 unspecified atom stereocenters. The molecule has 1 aliphatic carbocycles. The number of nitrogens with one attached hydrogen (secondary N) is 1. The summed E-state index contributed by atoms with van der Waals surface area (Å²) >= 11 is 0. The van der Waals surface area contributed by atoms with Gasteiger partial charge in [-0.3, -0.25) is 0 Å². The third-order valence-corrected chi connectivity index (χ3v) is 6.71. The van der Waals surface area contributed by atoms with Crippen LogP contribution < -0.4 is 10.1 Å². The van der Waals surface area contributed by atoms with Crippen LogP contribution in [0.1, 0.15) is 79.7 Å². The molecule has 0 radical (unpaired) electrons. The van der Waals surface area contributed by atoms with E-state index < -0.39 is 0 Å². The Bertz CT molecular complexity index is 1210. The minimum Gasteiger partial charge on any atom is -0.489 e. The number of ether oxygens (including phenoxy) is 2. The normalized spacial score (nSPS) is 14.9. The van der Waals surface area contributed by atoms with E-state index >= 15 is 0 Å². The number of fused-ring (bicyclic) bond motifs is 1. The van der Waals surface area contributed by atoms with Gasteiger partial charge in [0.2, 0.25) is 0 Å². The minimum absolute atomic E-state index is 0.00245. The first-order valence-corrected chi connectivity index (χ1v) is 12.3. The Morgan fingerprint density at radius 1 is 1.06 bits per heavy atom. The Hall–Kier alpha value is -3.53. The largest absolute Gasteiger partial charge is 0.489 e. The molecule has 0 heterocycles. The van der Waals surface area contributed by atoms with E-state index in [-0.39, 0.29) is 17.4 Å². The molecule has 0 amide bonds. The molecule has 0 spiro atoms. The summed E-state index contributed by atoms with van der Waals surface area (Å²) in [4.78, 5) is 12.0. The van der Waals surface area contributed by atoms with Crippen molar-refractivity contribution in [2.45, 2.75) is 59.1 Å². The third-order valence-electron chi connectivity index (χ3n) is 6.71. The van der Waals surface area contributed by atoms with Gasteiger partial charge in [-0.25, -0.2) is 4.79 Å². The standard InChI is InChI=1S/C31H35NO3/c1-6-34-30(33)24-12-14-25(15-13-24)32-22(3)27-18-26-21(2)16-17-31(4,5)28(26)19-29(27)35-20-23-10-8-7-9-11-23/h7-16,18-19,22,32H,6,17,20H2,1-5H3. The van der Waals surface area contributed by atoms with Gasteiger partial charge in [0, 0.05) is 11.3 Å². The lowest BCUT2D eigenvalue weighted by Gasteiger charge is -2.33. The maximum Gasteiger partial charge on any atom is 0.338 e. The van der Waals surface area contributed by atoms with Crippen molar-refractivity contribution in [1.29, 1.82) is 0 Å². The molecule has 182 valence electrons. The van der Waals surface area contributed by atoms with Crippen LogP contribution in [0.25, 0.3) is 5.57 Å². The number of carbonyl (C=O) groups is 1. The fourth-order valence-electron chi connectivity index (χ4n) is 4.55. The van der Waals surface area contributed by atoms with E-state index in [1.807, 2.05) is 37.3 Å². The number of rotatable bonds is 8. The highest BCUT2D eigenvalue weighted by atomic mass is 16.5. The Morgan fingerprint density at radius 3 is 2.46 bits per heavy atom. The first-order valence-electron chi connectivity index (χ1n) is 12.3.